The molecule has 2 aromatic rings. The zero-order valence-electron chi connectivity index (χ0n) is 14.3. The van der Waals surface area contributed by atoms with Crippen LogP contribution in [0.4, 0.5) is 20.2 Å². The largest absolute Gasteiger partial charge is 0.380 e. The van der Waals surface area contributed by atoms with Gasteiger partial charge in [-0.05, 0) is 55.3 Å². The van der Waals surface area contributed by atoms with Gasteiger partial charge in [0.1, 0.15) is 0 Å². The van der Waals surface area contributed by atoms with Crippen molar-refractivity contribution < 1.29 is 21.9 Å². The molecule has 0 radical (unpaired) electrons. The monoisotopic (exact) mass is 382 g/mol. The minimum Gasteiger partial charge on any atom is -0.380 e. The van der Waals surface area contributed by atoms with Crippen LogP contribution in [0, 0.1) is 11.6 Å². The molecule has 1 heterocycles. The first-order chi connectivity index (χ1) is 12.4. The van der Waals surface area contributed by atoms with E-state index in [4.69, 9.17) is 4.74 Å². The molecule has 1 atom stereocenters. The molecule has 0 amide bonds. The molecule has 0 aromatic heterocycles. The van der Waals surface area contributed by atoms with E-state index in [0.717, 1.165) is 43.8 Å². The first kappa shape index (κ1) is 18.6. The van der Waals surface area contributed by atoms with Crippen molar-refractivity contribution in [3.8, 4) is 0 Å². The summed E-state index contributed by atoms with van der Waals surface area (Å²) < 4.78 is 58.7. The number of halogens is 2. The van der Waals surface area contributed by atoms with Crippen LogP contribution < -0.4 is 9.62 Å². The maximum Gasteiger partial charge on any atom is 0.261 e. The maximum atomic E-state index is 13.3. The van der Waals surface area contributed by atoms with E-state index in [9.17, 15) is 17.2 Å². The van der Waals surface area contributed by atoms with Crippen LogP contribution in [0.25, 0.3) is 0 Å². The number of ether oxygens (including phenoxy) is 1. The molecule has 1 N–H and O–H groups in total. The third kappa shape index (κ3) is 4.13. The Bertz CT molecular complexity index is 873. The van der Waals surface area contributed by atoms with Gasteiger partial charge in [-0.3, -0.25) is 4.72 Å². The molecule has 26 heavy (non-hydrogen) atoms. The quantitative estimate of drug-likeness (QED) is 0.861. The fourth-order valence-electron chi connectivity index (χ4n) is 2.96. The fraction of sp³-hybridized carbons (Fsp3) is 0.333. The van der Waals surface area contributed by atoms with Crippen LogP contribution in [-0.2, 0) is 14.8 Å². The van der Waals surface area contributed by atoms with Gasteiger partial charge in [0, 0.05) is 31.6 Å². The Kier molecular flexibility index (Phi) is 5.43. The molecule has 140 valence electrons. The number of nitrogens with one attached hydrogen (secondary N) is 1. The Hall–Kier alpha value is -2.19. The molecule has 8 heteroatoms. The molecular weight excluding hydrogens is 362 g/mol. The number of methoxy groups -OCH3 is 1. The number of rotatable bonds is 5. The minimum absolute atomic E-state index is 0.190. The lowest BCUT2D eigenvalue weighted by molar-refractivity contribution is 0.0893. The van der Waals surface area contributed by atoms with Gasteiger partial charge < -0.3 is 9.64 Å². The predicted octanol–water partition coefficient (Wildman–Crippen LogP) is 3.38. The molecule has 1 unspecified atom stereocenters. The van der Waals surface area contributed by atoms with Gasteiger partial charge in [-0.1, -0.05) is 0 Å². The lowest BCUT2D eigenvalue weighted by Crippen LogP contribution is -2.39. The summed E-state index contributed by atoms with van der Waals surface area (Å²) in [6, 6.07) is 9.39. The molecule has 0 saturated carbocycles. The predicted molar refractivity (Wildman–Crippen MR) is 95.9 cm³/mol. The van der Waals surface area contributed by atoms with Crippen LogP contribution in [-0.4, -0.2) is 34.7 Å². The van der Waals surface area contributed by atoms with E-state index in [0.29, 0.717) is 11.8 Å². The Balaban J connectivity index is 1.73. The minimum atomic E-state index is -3.99. The highest BCUT2D eigenvalue weighted by atomic mass is 32.2. The summed E-state index contributed by atoms with van der Waals surface area (Å²) in [5.74, 6) is -2.30. The van der Waals surface area contributed by atoms with E-state index in [1.165, 1.54) is 0 Å². The lowest BCUT2D eigenvalue weighted by atomic mass is 10.1. The van der Waals surface area contributed by atoms with Crippen LogP contribution in [0.15, 0.2) is 47.4 Å². The average molecular weight is 382 g/mol. The Morgan fingerprint density at radius 3 is 2.50 bits per heavy atom. The SMILES string of the molecule is COC1CCCN(c2ccc(NS(=O)(=O)c3ccc(F)c(F)c3)cc2)C1. The number of nitrogens with zero attached hydrogens (tertiary/aromatic N) is 1. The van der Waals surface area contributed by atoms with Crippen LogP contribution in [0.1, 0.15) is 12.8 Å². The summed E-state index contributed by atoms with van der Waals surface area (Å²) in [4.78, 5) is 1.85. The number of benzene rings is 2. The highest BCUT2D eigenvalue weighted by Crippen LogP contribution is 2.24. The number of hydrogen-bond donors (Lipinski definition) is 1. The van der Waals surface area contributed by atoms with Gasteiger partial charge in [-0.15, -0.1) is 0 Å². The van der Waals surface area contributed by atoms with E-state index in [1.807, 2.05) is 12.1 Å². The third-order valence-electron chi connectivity index (χ3n) is 4.40. The van der Waals surface area contributed by atoms with E-state index >= 15 is 0 Å². The molecular formula is C18H20F2N2O3S. The molecule has 1 aliphatic heterocycles. The van der Waals surface area contributed by atoms with Gasteiger partial charge in [-0.25, -0.2) is 17.2 Å². The summed E-state index contributed by atoms with van der Waals surface area (Å²) in [7, 11) is -2.29. The van der Waals surface area contributed by atoms with Crippen molar-refractivity contribution in [1.29, 1.82) is 0 Å². The molecule has 3 rings (SSSR count). The van der Waals surface area contributed by atoms with Gasteiger partial charge >= 0.3 is 0 Å². The van der Waals surface area contributed by atoms with Crippen LogP contribution in [0.3, 0.4) is 0 Å². The van der Waals surface area contributed by atoms with Gasteiger partial charge in [0.05, 0.1) is 11.0 Å². The van der Waals surface area contributed by atoms with Gasteiger partial charge in [0.2, 0.25) is 0 Å². The Morgan fingerprint density at radius 1 is 1.12 bits per heavy atom. The van der Waals surface area contributed by atoms with Crippen LogP contribution in [0.5, 0.6) is 0 Å². The normalized spacial score (nSPS) is 18.0. The van der Waals surface area contributed by atoms with Gasteiger partial charge in [0.15, 0.2) is 11.6 Å². The lowest BCUT2D eigenvalue weighted by Gasteiger charge is -2.33. The summed E-state index contributed by atoms with van der Waals surface area (Å²) in [6.07, 6.45) is 2.25. The molecule has 1 saturated heterocycles. The Labute approximate surface area is 151 Å². The molecule has 1 aliphatic rings. The molecule has 2 aromatic carbocycles. The second-order valence-corrected chi connectivity index (χ2v) is 7.86. The van der Waals surface area contributed by atoms with E-state index in [1.54, 1.807) is 19.2 Å². The third-order valence-corrected chi connectivity index (χ3v) is 5.78. The van der Waals surface area contributed by atoms with Crippen molar-refractivity contribution in [3.63, 3.8) is 0 Å². The molecule has 0 bridgehead atoms. The average Bonchev–Trinajstić information content (AvgIpc) is 2.64. The summed E-state index contributed by atoms with van der Waals surface area (Å²) in [5, 5.41) is 0. The zero-order valence-corrected chi connectivity index (χ0v) is 15.1. The van der Waals surface area contributed by atoms with E-state index < -0.39 is 21.7 Å². The van der Waals surface area contributed by atoms with Crippen molar-refractivity contribution >= 4 is 21.4 Å². The zero-order chi connectivity index (χ0) is 18.7. The number of anilines is 2. The number of sulfonamides is 1. The van der Waals surface area contributed by atoms with Crippen molar-refractivity contribution in [3.05, 3.63) is 54.1 Å². The van der Waals surface area contributed by atoms with Crippen molar-refractivity contribution in [1.82, 2.24) is 0 Å². The number of piperidine rings is 1. The van der Waals surface area contributed by atoms with Crippen molar-refractivity contribution in [2.24, 2.45) is 0 Å². The summed E-state index contributed by atoms with van der Waals surface area (Å²) in [6.45, 7) is 1.70. The first-order valence-corrected chi connectivity index (χ1v) is 9.73. The van der Waals surface area contributed by atoms with Crippen molar-refractivity contribution in [2.75, 3.05) is 29.8 Å². The van der Waals surface area contributed by atoms with Crippen LogP contribution in [0.2, 0.25) is 0 Å². The summed E-state index contributed by atoms with van der Waals surface area (Å²) >= 11 is 0. The van der Waals surface area contributed by atoms with E-state index in [2.05, 4.69) is 9.62 Å². The standard InChI is InChI=1S/C18H20F2N2O3S/c1-25-15-3-2-10-22(12-15)14-6-4-13(5-7-14)21-26(23,24)16-8-9-17(19)18(20)11-16/h4-9,11,15,21H,2-3,10,12H2,1H3. The maximum absolute atomic E-state index is 13.3. The first-order valence-electron chi connectivity index (χ1n) is 8.25. The second-order valence-electron chi connectivity index (χ2n) is 6.17. The second kappa shape index (κ2) is 7.59. The number of hydrogen-bond acceptors (Lipinski definition) is 4. The molecule has 0 aliphatic carbocycles. The molecule has 5 nitrogen and oxygen atoms in total. The highest BCUT2D eigenvalue weighted by molar-refractivity contribution is 7.92. The molecule has 0 spiro atoms. The van der Waals surface area contributed by atoms with Gasteiger partial charge in [0.25, 0.3) is 10.0 Å². The van der Waals surface area contributed by atoms with Crippen LogP contribution >= 0.6 is 0 Å². The molecule has 1 fully saturated rings. The smallest absolute Gasteiger partial charge is 0.261 e. The Morgan fingerprint density at radius 2 is 1.85 bits per heavy atom. The summed E-state index contributed by atoms with van der Waals surface area (Å²) in [5.41, 5.74) is 1.32. The van der Waals surface area contributed by atoms with Crippen molar-refractivity contribution in [2.45, 2.75) is 23.8 Å². The van der Waals surface area contributed by atoms with Gasteiger partial charge in [-0.2, -0.15) is 0 Å². The van der Waals surface area contributed by atoms with E-state index in [-0.39, 0.29) is 11.0 Å². The fourth-order valence-corrected chi connectivity index (χ4v) is 4.03. The highest BCUT2D eigenvalue weighted by Gasteiger charge is 2.20. The topological polar surface area (TPSA) is 58.6 Å².